The molecular formula is C31H37Cl2N3O6. The third-order valence-corrected chi connectivity index (χ3v) is 7.15. The number of hydrogen-bond donors (Lipinski definition) is 5. The Labute approximate surface area is 256 Å². The number of rotatable bonds is 10. The molecule has 1 aliphatic rings. The lowest BCUT2D eigenvalue weighted by molar-refractivity contribution is -0.114. The number of phenols is 1. The molecule has 1 heterocycles. The van der Waals surface area contributed by atoms with Crippen LogP contribution in [-0.4, -0.2) is 70.0 Å². The van der Waals surface area contributed by atoms with E-state index in [1.165, 1.54) is 24.6 Å². The van der Waals surface area contributed by atoms with E-state index in [0.29, 0.717) is 23.8 Å². The van der Waals surface area contributed by atoms with Crippen molar-refractivity contribution in [2.75, 3.05) is 31.6 Å². The largest absolute Gasteiger partial charge is 0.506 e. The van der Waals surface area contributed by atoms with Crippen LogP contribution in [0.4, 0.5) is 5.69 Å². The van der Waals surface area contributed by atoms with Crippen molar-refractivity contribution in [2.45, 2.75) is 44.9 Å². The molecule has 3 aromatic rings. The van der Waals surface area contributed by atoms with Crippen molar-refractivity contribution in [3.8, 4) is 11.5 Å². The predicted molar refractivity (Wildman–Crippen MR) is 165 cm³/mol. The normalized spacial score (nSPS) is 15.2. The highest BCUT2D eigenvalue weighted by Crippen LogP contribution is 2.35. The van der Waals surface area contributed by atoms with Crippen LogP contribution in [0.1, 0.15) is 42.6 Å². The Hall–Kier alpha value is -3.34. The fourth-order valence-corrected chi connectivity index (χ4v) is 4.61. The smallest absolute Gasteiger partial charge is 0.335 e. The summed E-state index contributed by atoms with van der Waals surface area (Å²) in [6.45, 7) is 6.23. The van der Waals surface area contributed by atoms with Gasteiger partial charge in [-0.2, -0.15) is 0 Å². The van der Waals surface area contributed by atoms with Crippen molar-refractivity contribution in [2.24, 2.45) is 0 Å². The van der Waals surface area contributed by atoms with Gasteiger partial charge in [-0.3, -0.25) is 9.69 Å². The van der Waals surface area contributed by atoms with Crippen LogP contribution >= 0.6 is 23.2 Å². The van der Waals surface area contributed by atoms with Crippen LogP contribution in [0.2, 0.25) is 10.0 Å². The number of piperidine rings is 1. The number of aromatic carboxylic acids is 1. The lowest BCUT2D eigenvalue weighted by Gasteiger charge is -2.34. The van der Waals surface area contributed by atoms with Crippen LogP contribution in [0.15, 0.2) is 66.7 Å². The zero-order valence-electron chi connectivity index (χ0n) is 23.6. The van der Waals surface area contributed by atoms with E-state index in [0.717, 1.165) is 37.5 Å². The van der Waals surface area contributed by atoms with Crippen LogP contribution in [0.25, 0.3) is 0 Å². The number of nitrogens with one attached hydrogen (secondary N) is 2. The SMILES string of the molecule is CC(=O)Nc1cc(Cl)c(O)cc1OC[C@@](C)(O)CNC1CCN(Cc2ccc(Cl)cc2)CC1.O=C(O)c1ccccc1. The maximum absolute atomic E-state index is 11.4. The van der Waals surface area contributed by atoms with Gasteiger partial charge in [-0.05, 0) is 68.8 Å². The van der Waals surface area contributed by atoms with Crippen LogP contribution in [-0.2, 0) is 11.3 Å². The van der Waals surface area contributed by atoms with Gasteiger partial charge in [-0.1, -0.05) is 53.5 Å². The molecule has 5 N–H and O–H groups in total. The molecule has 3 aromatic carbocycles. The molecule has 42 heavy (non-hydrogen) atoms. The molecule has 1 atom stereocenters. The number of phenolic OH excluding ortho intramolecular Hbond substituents is 1. The van der Waals surface area contributed by atoms with Gasteiger partial charge in [0.1, 0.15) is 23.7 Å². The number of hydrogen-bond acceptors (Lipinski definition) is 7. The third-order valence-electron chi connectivity index (χ3n) is 6.60. The number of carboxylic acid groups (broad SMARTS) is 1. The predicted octanol–water partition coefficient (Wildman–Crippen LogP) is 5.43. The first-order valence-corrected chi connectivity index (χ1v) is 14.3. The minimum absolute atomic E-state index is 0.0247. The Bertz CT molecular complexity index is 1310. The Balaban J connectivity index is 0.000000458. The first-order chi connectivity index (χ1) is 19.9. The highest BCUT2D eigenvalue weighted by molar-refractivity contribution is 6.32. The van der Waals surface area contributed by atoms with Crippen molar-refractivity contribution >= 4 is 40.8 Å². The number of carbonyl (C=O) groups excluding carboxylic acids is 1. The number of anilines is 1. The molecule has 9 nitrogen and oxygen atoms in total. The second kappa shape index (κ2) is 15.8. The van der Waals surface area contributed by atoms with E-state index in [4.69, 9.17) is 33.0 Å². The molecule has 0 aliphatic carbocycles. The van der Waals surface area contributed by atoms with Gasteiger partial charge in [0.05, 0.1) is 16.3 Å². The van der Waals surface area contributed by atoms with Gasteiger partial charge in [0.2, 0.25) is 5.91 Å². The molecule has 0 unspecified atom stereocenters. The van der Waals surface area contributed by atoms with E-state index in [2.05, 4.69) is 27.7 Å². The van der Waals surface area contributed by atoms with Gasteiger partial charge in [-0.15, -0.1) is 0 Å². The second-order valence-corrected chi connectivity index (χ2v) is 11.3. The first kappa shape index (κ1) is 33.2. The summed E-state index contributed by atoms with van der Waals surface area (Å²) in [5.74, 6) is -1.10. The zero-order chi connectivity index (χ0) is 30.7. The summed E-state index contributed by atoms with van der Waals surface area (Å²) < 4.78 is 5.73. The molecule has 0 aromatic heterocycles. The van der Waals surface area contributed by atoms with Crippen LogP contribution < -0.4 is 15.4 Å². The number of nitrogens with zero attached hydrogens (tertiary/aromatic N) is 1. The maximum atomic E-state index is 11.4. The Kier molecular flexibility index (Phi) is 12.4. The molecule has 1 saturated heterocycles. The number of aliphatic hydroxyl groups is 1. The first-order valence-electron chi connectivity index (χ1n) is 13.6. The van der Waals surface area contributed by atoms with Crippen LogP contribution in [0.5, 0.6) is 11.5 Å². The minimum atomic E-state index is -1.15. The van der Waals surface area contributed by atoms with Gasteiger partial charge in [0, 0.05) is 37.1 Å². The minimum Gasteiger partial charge on any atom is -0.506 e. The Morgan fingerprint density at radius 3 is 2.26 bits per heavy atom. The molecule has 4 rings (SSSR count). The summed E-state index contributed by atoms with van der Waals surface area (Å²) >= 11 is 11.9. The van der Waals surface area contributed by atoms with Crippen molar-refractivity contribution in [3.63, 3.8) is 0 Å². The average Bonchev–Trinajstić information content (AvgIpc) is 2.95. The van der Waals surface area contributed by atoms with Crippen molar-refractivity contribution in [1.82, 2.24) is 10.2 Å². The van der Waals surface area contributed by atoms with Crippen molar-refractivity contribution in [3.05, 3.63) is 87.9 Å². The number of likely N-dealkylation sites (tertiary alicyclic amines) is 1. The highest BCUT2D eigenvalue weighted by atomic mass is 35.5. The number of benzene rings is 3. The lowest BCUT2D eigenvalue weighted by atomic mass is 10.0. The van der Waals surface area contributed by atoms with E-state index in [1.54, 1.807) is 37.3 Å². The average molecular weight is 619 g/mol. The van der Waals surface area contributed by atoms with E-state index in [-0.39, 0.29) is 29.0 Å². The van der Waals surface area contributed by atoms with Gasteiger partial charge in [0.25, 0.3) is 0 Å². The number of carbonyl (C=O) groups is 2. The summed E-state index contributed by atoms with van der Waals surface area (Å²) in [6.07, 6.45) is 1.98. The second-order valence-electron chi connectivity index (χ2n) is 10.5. The summed E-state index contributed by atoms with van der Waals surface area (Å²) in [7, 11) is 0. The number of amides is 1. The van der Waals surface area contributed by atoms with Gasteiger partial charge in [-0.25, -0.2) is 4.79 Å². The molecule has 0 bridgehead atoms. The summed E-state index contributed by atoms with van der Waals surface area (Å²) in [4.78, 5) is 24.1. The monoisotopic (exact) mass is 617 g/mol. The quantitative estimate of drug-likeness (QED) is 0.190. The van der Waals surface area contributed by atoms with E-state index >= 15 is 0 Å². The van der Waals surface area contributed by atoms with Crippen LogP contribution in [0.3, 0.4) is 0 Å². The molecule has 0 saturated carbocycles. The molecule has 1 amide bonds. The van der Waals surface area contributed by atoms with Gasteiger partial charge < -0.3 is 30.7 Å². The number of aromatic hydroxyl groups is 1. The summed E-state index contributed by atoms with van der Waals surface area (Å²) in [6, 6.07) is 19.3. The molecule has 1 aliphatic heterocycles. The molecule has 0 radical (unpaired) electrons. The topological polar surface area (TPSA) is 131 Å². The number of halogens is 2. The van der Waals surface area contributed by atoms with Gasteiger partial charge >= 0.3 is 5.97 Å². The van der Waals surface area contributed by atoms with Gasteiger partial charge in [0.15, 0.2) is 0 Å². The molecule has 226 valence electrons. The number of carboxylic acids is 1. The van der Waals surface area contributed by atoms with Crippen molar-refractivity contribution in [1.29, 1.82) is 0 Å². The van der Waals surface area contributed by atoms with E-state index < -0.39 is 11.6 Å². The third kappa shape index (κ3) is 11.2. The van der Waals surface area contributed by atoms with Crippen LogP contribution in [0, 0.1) is 0 Å². The Morgan fingerprint density at radius 1 is 1.05 bits per heavy atom. The highest BCUT2D eigenvalue weighted by Gasteiger charge is 2.26. The number of ether oxygens (including phenoxy) is 1. The van der Waals surface area contributed by atoms with E-state index in [9.17, 15) is 19.8 Å². The Morgan fingerprint density at radius 2 is 1.69 bits per heavy atom. The lowest BCUT2D eigenvalue weighted by Crippen LogP contribution is -2.49. The van der Waals surface area contributed by atoms with E-state index in [1.807, 2.05) is 12.1 Å². The summed E-state index contributed by atoms with van der Waals surface area (Å²) in [5, 5.41) is 36.0. The fraction of sp³-hybridized carbons (Fsp3) is 0.355. The molecule has 1 fully saturated rings. The molecule has 0 spiro atoms. The van der Waals surface area contributed by atoms with Crippen molar-refractivity contribution < 1.29 is 29.6 Å². The fourth-order valence-electron chi connectivity index (χ4n) is 4.32. The maximum Gasteiger partial charge on any atom is 0.335 e. The summed E-state index contributed by atoms with van der Waals surface area (Å²) in [5.41, 5.74) is 0.765. The zero-order valence-corrected chi connectivity index (χ0v) is 25.2. The molecule has 11 heteroatoms. The molecular weight excluding hydrogens is 581 g/mol. The standard InChI is InChI=1S/C24H31Cl2N3O4.C7H6O2/c1-16(30)28-21-11-20(26)22(31)12-23(21)33-15-24(2,32)14-27-19-7-9-29(10-8-19)13-17-3-5-18(25)6-4-17;8-7(9)6-4-2-1-3-5-6/h3-6,11-12,19,27,31-32H,7-10,13-15H2,1-2H3,(H,28,30);1-5H,(H,8,9)/t24-;/m0./s1.